The van der Waals surface area contributed by atoms with Gasteiger partial charge >= 0.3 is 0 Å². The fraction of sp³-hybridized carbons (Fsp3) is 0.692. The first-order valence-electron chi connectivity index (χ1n) is 5.82. The molecule has 1 saturated carbocycles. The fourth-order valence-corrected chi connectivity index (χ4v) is 2.92. The molecule has 0 aliphatic heterocycles. The van der Waals surface area contributed by atoms with E-state index in [1.807, 2.05) is 13.8 Å². The third-order valence-corrected chi connectivity index (χ3v) is 4.09. The quantitative estimate of drug-likeness (QED) is 0.610. The Labute approximate surface area is 90.7 Å². The molecule has 0 radical (unpaired) electrons. The van der Waals surface area contributed by atoms with E-state index in [2.05, 4.69) is 0 Å². The summed E-state index contributed by atoms with van der Waals surface area (Å²) in [7, 11) is 0. The van der Waals surface area contributed by atoms with E-state index in [9.17, 15) is 9.59 Å². The molecule has 0 aromatic heterocycles. The maximum absolute atomic E-state index is 12.1. The number of hydrogen-bond donors (Lipinski definition) is 0. The maximum Gasteiger partial charge on any atom is 0.158 e. The van der Waals surface area contributed by atoms with E-state index in [4.69, 9.17) is 0 Å². The second-order valence-corrected chi connectivity index (χ2v) is 4.99. The van der Waals surface area contributed by atoms with Crippen LogP contribution in [0, 0.1) is 5.41 Å². The van der Waals surface area contributed by atoms with Crippen LogP contribution in [0.1, 0.15) is 52.4 Å². The lowest BCUT2D eigenvalue weighted by Gasteiger charge is -2.34. The first-order valence-corrected chi connectivity index (χ1v) is 5.82. The van der Waals surface area contributed by atoms with Crippen LogP contribution in [0.4, 0.5) is 0 Å². The molecule has 15 heavy (non-hydrogen) atoms. The molecule has 2 nitrogen and oxygen atoms in total. The van der Waals surface area contributed by atoms with E-state index in [-0.39, 0.29) is 11.2 Å². The van der Waals surface area contributed by atoms with Gasteiger partial charge in [-0.3, -0.25) is 9.59 Å². The summed E-state index contributed by atoms with van der Waals surface area (Å²) in [6.07, 6.45) is 4.97. The molecule has 0 spiro atoms. The Bertz CT molecular complexity index is 352. The molecule has 0 bridgehead atoms. The van der Waals surface area contributed by atoms with Crippen molar-refractivity contribution in [2.24, 2.45) is 5.41 Å². The van der Waals surface area contributed by atoms with Gasteiger partial charge in [0.25, 0.3) is 0 Å². The summed E-state index contributed by atoms with van der Waals surface area (Å²) in [5.41, 5.74) is 1.70. The summed E-state index contributed by atoms with van der Waals surface area (Å²) in [5.74, 6) is 0.596. The Morgan fingerprint density at radius 2 is 1.73 bits per heavy atom. The zero-order valence-electron chi connectivity index (χ0n) is 9.56. The molecule has 82 valence electrons. The second kappa shape index (κ2) is 3.58. The number of carbonyl (C=O) groups is 2. The number of Topliss-reactive ketones (excluding diaryl/α,β-unsaturated/α-hetero) is 2. The van der Waals surface area contributed by atoms with Crippen LogP contribution in [0.2, 0.25) is 0 Å². The van der Waals surface area contributed by atoms with Crippen LogP contribution >= 0.6 is 0 Å². The Balaban J connectivity index is 2.50. The summed E-state index contributed by atoms with van der Waals surface area (Å²) in [6, 6.07) is 0. The SMILES string of the molecule is CC1=C2CCCCC(=O)[C@@]2(C)CCC1=O. The number of rotatable bonds is 0. The third kappa shape index (κ3) is 1.56. The van der Waals surface area contributed by atoms with Crippen LogP contribution in [0.15, 0.2) is 11.1 Å². The minimum Gasteiger partial charge on any atom is -0.299 e. The molecule has 0 amide bonds. The van der Waals surface area contributed by atoms with E-state index in [0.717, 1.165) is 36.8 Å². The van der Waals surface area contributed by atoms with Crippen LogP contribution < -0.4 is 0 Å². The smallest absolute Gasteiger partial charge is 0.158 e. The van der Waals surface area contributed by atoms with Crippen molar-refractivity contribution in [3.63, 3.8) is 0 Å². The van der Waals surface area contributed by atoms with Crippen LogP contribution in [-0.4, -0.2) is 11.6 Å². The van der Waals surface area contributed by atoms with Gasteiger partial charge in [0.1, 0.15) is 5.78 Å². The van der Waals surface area contributed by atoms with Crippen molar-refractivity contribution in [1.82, 2.24) is 0 Å². The maximum atomic E-state index is 12.1. The molecular weight excluding hydrogens is 188 g/mol. The topological polar surface area (TPSA) is 34.1 Å². The van der Waals surface area contributed by atoms with Crippen LogP contribution in [0.3, 0.4) is 0 Å². The van der Waals surface area contributed by atoms with E-state index in [0.29, 0.717) is 18.6 Å². The van der Waals surface area contributed by atoms with Crippen molar-refractivity contribution in [3.05, 3.63) is 11.1 Å². The molecule has 0 aromatic carbocycles. The van der Waals surface area contributed by atoms with E-state index < -0.39 is 0 Å². The summed E-state index contributed by atoms with van der Waals surface area (Å²) in [5, 5.41) is 0. The molecule has 0 aromatic rings. The van der Waals surface area contributed by atoms with Crippen molar-refractivity contribution < 1.29 is 9.59 Å². The highest BCUT2D eigenvalue weighted by molar-refractivity contribution is 6.00. The molecule has 2 rings (SSSR count). The van der Waals surface area contributed by atoms with Crippen molar-refractivity contribution in [2.75, 3.05) is 0 Å². The van der Waals surface area contributed by atoms with Gasteiger partial charge < -0.3 is 0 Å². The lowest BCUT2D eigenvalue weighted by molar-refractivity contribution is -0.127. The summed E-state index contributed by atoms with van der Waals surface area (Å²) in [6.45, 7) is 3.93. The molecule has 0 unspecified atom stereocenters. The van der Waals surface area contributed by atoms with Crippen molar-refractivity contribution in [3.8, 4) is 0 Å². The Kier molecular flexibility index (Phi) is 2.53. The molecule has 0 N–H and O–H groups in total. The number of carbonyl (C=O) groups excluding carboxylic acids is 2. The van der Waals surface area contributed by atoms with Gasteiger partial charge in [-0.15, -0.1) is 0 Å². The highest BCUT2D eigenvalue weighted by atomic mass is 16.1. The zero-order chi connectivity index (χ0) is 11.1. The van der Waals surface area contributed by atoms with Crippen LogP contribution in [-0.2, 0) is 9.59 Å². The average Bonchev–Trinajstić information content (AvgIpc) is 2.35. The second-order valence-electron chi connectivity index (χ2n) is 4.99. The Hall–Kier alpha value is -0.920. The van der Waals surface area contributed by atoms with Gasteiger partial charge in [-0.2, -0.15) is 0 Å². The number of ketones is 2. The van der Waals surface area contributed by atoms with Crippen molar-refractivity contribution >= 4 is 11.6 Å². The number of fused-ring (bicyclic) bond motifs is 1. The van der Waals surface area contributed by atoms with E-state index in [1.165, 1.54) is 0 Å². The first kappa shape index (κ1) is 10.6. The van der Waals surface area contributed by atoms with Gasteiger partial charge in [0.15, 0.2) is 5.78 Å². The summed E-state index contributed by atoms with van der Waals surface area (Å²) >= 11 is 0. The standard InChI is InChI=1S/C13H18O2/c1-9-10-5-3-4-6-12(15)13(10,2)8-7-11(9)14/h3-8H2,1-2H3/t13-/m0/s1. The van der Waals surface area contributed by atoms with Gasteiger partial charge in [0, 0.05) is 18.3 Å². The predicted molar refractivity (Wildman–Crippen MR) is 58.5 cm³/mol. The monoisotopic (exact) mass is 206 g/mol. The molecule has 1 atom stereocenters. The fourth-order valence-electron chi connectivity index (χ4n) is 2.92. The number of hydrogen-bond acceptors (Lipinski definition) is 2. The minimum absolute atomic E-state index is 0.247. The van der Waals surface area contributed by atoms with Gasteiger partial charge in [-0.25, -0.2) is 0 Å². The largest absolute Gasteiger partial charge is 0.299 e. The molecule has 2 aliphatic rings. The van der Waals surface area contributed by atoms with Gasteiger partial charge in [-0.1, -0.05) is 5.57 Å². The van der Waals surface area contributed by atoms with E-state index in [1.54, 1.807) is 0 Å². The zero-order valence-corrected chi connectivity index (χ0v) is 9.56. The number of allylic oxidation sites excluding steroid dienone is 2. The highest BCUT2D eigenvalue weighted by Gasteiger charge is 2.42. The van der Waals surface area contributed by atoms with Gasteiger partial charge in [0.2, 0.25) is 0 Å². The molecule has 2 heteroatoms. The predicted octanol–water partition coefficient (Wildman–Crippen LogP) is 2.82. The highest BCUT2D eigenvalue weighted by Crippen LogP contribution is 2.45. The third-order valence-electron chi connectivity index (χ3n) is 4.09. The van der Waals surface area contributed by atoms with Crippen LogP contribution in [0.25, 0.3) is 0 Å². The van der Waals surface area contributed by atoms with Crippen molar-refractivity contribution in [1.29, 1.82) is 0 Å². The van der Waals surface area contributed by atoms with Crippen molar-refractivity contribution in [2.45, 2.75) is 52.4 Å². The minimum atomic E-state index is -0.311. The average molecular weight is 206 g/mol. The molecule has 0 heterocycles. The Morgan fingerprint density at radius 3 is 2.47 bits per heavy atom. The van der Waals surface area contributed by atoms with Gasteiger partial charge in [-0.05, 0) is 45.1 Å². The molecule has 1 fully saturated rings. The van der Waals surface area contributed by atoms with E-state index >= 15 is 0 Å². The first-order chi connectivity index (χ1) is 7.05. The molecular formula is C13H18O2. The normalized spacial score (nSPS) is 32.7. The lowest BCUT2D eigenvalue weighted by atomic mass is 9.68. The van der Waals surface area contributed by atoms with Crippen LogP contribution in [0.5, 0.6) is 0 Å². The van der Waals surface area contributed by atoms with Gasteiger partial charge in [0.05, 0.1) is 0 Å². The summed E-state index contributed by atoms with van der Waals surface area (Å²) < 4.78 is 0. The Morgan fingerprint density at radius 1 is 1.07 bits per heavy atom. The lowest BCUT2D eigenvalue weighted by Crippen LogP contribution is -2.34. The summed E-state index contributed by atoms with van der Waals surface area (Å²) in [4.78, 5) is 23.7. The molecule has 2 aliphatic carbocycles. The molecule has 0 saturated heterocycles.